The first kappa shape index (κ1) is 27.3. The molecule has 4 rings (SSSR count). The molecule has 5 atom stereocenters. The van der Waals surface area contributed by atoms with E-state index in [4.69, 9.17) is 31.7 Å². The summed E-state index contributed by atoms with van der Waals surface area (Å²) in [6.45, 7) is 5.19. The van der Waals surface area contributed by atoms with Gasteiger partial charge in [0.2, 0.25) is 5.91 Å². The van der Waals surface area contributed by atoms with Gasteiger partial charge in [0.15, 0.2) is 0 Å². The number of nitrogens with one attached hydrogen (secondary N) is 1. The van der Waals surface area contributed by atoms with E-state index in [1.165, 1.54) is 0 Å². The fourth-order valence-corrected chi connectivity index (χ4v) is 5.09. The van der Waals surface area contributed by atoms with Crippen LogP contribution in [0.15, 0.2) is 78.9 Å². The normalized spacial score (nSPS) is 23.5. The van der Waals surface area contributed by atoms with Crippen LogP contribution in [0, 0.1) is 5.92 Å². The van der Waals surface area contributed by atoms with Crippen molar-refractivity contribution in [2.45, 2.75) is 64.3 Å². The van der Waals surface area contributed by atoms with Gasteiger partial charge in [-0.25, -0.2) is 5.84 Å². The molecule has 0 aromatic heterocycles. The summed E-state index contributed by atoms with van der Waals surface area (Å²) < 4.78 is 19.9. The van der Waals surface area contributed by atoms with Gasteiger partial charge in [-0.2, -0.15) is 0 Å². The largest absolute Gasteiger partial charge is 0.370 e. The molecule has 0 spiro atoms. The molecule has 0 radical (unpaired) electrons. The van der Waals surface area contributed by atoms with Gasteiger partial charge in [0.1, 0.15) is 12.2 Å². The predicted molar refractivity (Wildman–Crippen MR) is 145 cm³/mol. The highest BCUT2D eigenvalue weighted by Gasteiger charge is 2.45. The molecule has 7 heteroatoms. The molecule has 1 amide bonds. The van der Waals surface area contributed by atoms with E-state index in [2.05, 4.69) is 31.4 Å². The third-order valence-corrected chi connectivity index (χ3v) is 7.30. The minimum atomic E-state index is -0.400. The van der Waals surface area contributed by atoms with Crippen LogP contribution in [0.2, 0.25) is 5.02 Å². The van der Waals surface area contributed by atoms with Crippen molar-refractivity contribution in [3.8, 4) is 0 Å². The highest BCUT2D eigenvalue weighted by molar-refractivity contribution is 6.31. The van der Waals surface area contributed by atoms with Crippen molar-refractivity contribution in [1.82, 2.24) is 5.43 Å². The number of amides is 1. The van der Waals surface area contributed by atoms with E-state index in [9.17, 15) is 4.79 Å². The van der Waals surface area contributed by atoms with Crippen LogP contribution in [0.25, 0.3) is 0 Å². The number of carbonyl (C=O) groups excluding carboxylic acids is 1. The van der Waals surface area contributed by atoms with Gasteiger partial charge in [0.05, 0.1) is 31.8 Å². The van der Waals surface area contributed by atoms with Gasteiger partial charge < -0.3 is 14.2 Å². The lowest BCUT2D eigenvalue weighted by Gasteiger charge is -2.46. The number of hydrazine groups is 1. The van der Waals surface area contributed by atoms with E-state index < -0.39 is 6.10 Å². The lowest BCUT2D eigenvalue weighted by molar-refractivity contribution is -0.234. The number of ether oxygens (including phenoxy) is 3. The Morgan fingerprint density at radius 1 is 0.946 bits per heavy atom. The molecule has 3 aromatic carbocycles. The van der Waals surface area contributed by atoms with E-state index in [1.807, 2.05) is 60.7 Å². The lowest BCUT2D eigenvalue weighted by Crippen LogP contribution is -2.51. The zero-order valence-electron chi connectivity index (χ0n) is 21.3. The smallest absolute Gasteiger partial charge is 0.238 e. The number of benzene rings is 3. The third kappa shape index (κ3) is 6.98. The SMILES string of the molecule is CC[C@H]1O[C@@H](c2ccc(Cl)c(CC(=O)NN)c2)[C@H](OCc2ccccc2)[C@@H](OCc2ccccc2)[C@@H]1C. The van der Waals surface area contributed by atoms with Crippen molar-refractivity contribution in [3.63, 3.8) is 0 Å². The average Bonchev–Trinajstić information content (AvgIpc) is 2.93. The lowest BCUT2D eigenvalue weighted by atomic mass is 9.84. The number of rotatable bonds is 10. The fourth-order valence-electron chi connectivity index (χ4n) is 4.90. The summed E-state index contributed by atoms with van der Waals surface area (Å²) in [5, 5.41) is 0.502. The van der Waals surface area contributed by atoms with Crippen molar-refractivity contribution in [1.29, 1.82) is 0 Å². The van der Waals surface area contributed by atoms with E-state index >= 15 is 0 Å². The molecule has 1 heterocycles. The summed E-state index contributed by atoms with van der Waals surface area (Å²) in [6.07, 6.45) is -0.0911. The standard InChI is InChI=1S/C30H35ClN2O4/c1-3-26-20(2)28(35-18-21-10-6-4-7-11-21)30(36-19-22-12-8-5-9-13-22)29(37-26)23-14-15-25(31)24(16-23)17-27(34)33-32/h4-16,20,26,28-30H,3,17-19,32H2,1-2H3,(H,33,34)/t20-,26-,28+,29+,30-/m1/s1. The molecule has 37 heavy (non-hydrogen) atoms. The molecule has 6 nitrogen and oxygen atoms in total. The zero-order valence-corrected chi connectivity index (χ0v) is 22.1. The summed E-state index contributed by atoms with van der Waals surface area (Å²) in [5.74, 6) is 5.11. The third-order valence-electron chi connectivity index (χ3n) is 6.93. The van der Waals surface area contributed by atoms with Crippen LogP contribution < -0.4 is 11.3 Å². The van der Waals surface area contributed by atoms with Gasteiger partial charge in [0.25, 0.3) is 0 Å². The first-order valence-electron chi connectivity index (χ1n) is 12.7. The van der Waals surface area contributed by atoms with Crippen molar-refractivity contribution < 1.29 is 19.0 Å². The molecule has 0 aliphatic carbocycles. The Morgan fingerprint density at radius 3 is 2.11 bits per heavy atom. The van der Waals surface area contributed by atoms with Gasteiger partial charge in [-0.05, 0) is 34.7 Å². The van der Waals surface area contributed by atoms with E-state index in [0.717, 1.165) is 23.1 Å². The number of hydrogen-bond donors (Lipinski definition) is 2. The molecular formula is C30H35ClN2O4. The Hall–Kier alpha value is -2.74. The van der Waals surface area contributed by atoms with Crippen LogP contribution in [0.4, 0.5) is 0 Å². The topological polar surface area (TPSA) is 82.8 Å². The maximum absolute atomic E-state index is 12.0. The summed E-state index contributed by atoms with van der Waals surface area (Å²) in [5.41, 5.74) is 5.93. The summed E-state index contributed by atoms with van der Waals surface area (Å²) in [7, 11) is 0. The monoisotopic (exact) mass is 522 g/mol. The van der Waals surface area contributed by atoms with Gasteiger partial charge in [-0.3, -0.25) is 10.2 Å². The van der Waals surface area contributed by atoms with Crippen molar-refractivity contribution >= 4 is 17.5 Å². The fraction of sp³-hybridized carbons (Fsp3) is 0.367. The number of hydrogen-bond acceptors (Lipinski definition) is 5. The summed E-state index contributed by atoms with van der Waals surface area (Å²) in [6, 6.07) is 25.9. The zero-order chi connectivity index (χ0) is 26.2. The molecule has 1 aliphatic heterocycles. The van der Waals surface area contributed by atoms with Gasteiger partial charge in [0, 0.05) is 10.9 Å². The highest BCUT2D eigenvalue weighted by Crippen LogP contribution is 2.41. The number of nitrogens with two attached hydrogens (primary N) is 1. The molecule has 0 bridgehead atoms. The molecule has 0 saturated carbocycles. The quantitative estimate of drug-likeness (QED) is 0.208. The van der Waals surface area contributed by atoms with Crippen molar-refractivity contribution in [3.05, 3.63) is 106 Å². The Kier molecular flexibility index (Phi) is 9.72. The minimum Gasteiger partial charge on any atom is -0.370 e. The first-order chi connectivity index (χ1) is 18.0. The van der Waals surface area contributed by atoms with Crippen LogP contribution in [0.5, 0.6) is 0 Å². The molecule has 1 saturated heterocycles. The minimum absolute atomic E-state index is 0.0196. The average molecular weight is 523 g/mol. The van der Waals surface area contributed by atoms with Gasteiger partial charge in [-0.15, -0.1) is 0 Å². The van der Waals surface area contributed by atoms with Crippen LogP contribution in [0.1, 0.15) is 48.6 Å². The Bertz CT molecular complexity index is 1140. The number of carbonyl (C=O) groups is 1. The maximum atomic E-state index is 12.0. The van der Waals surface area contributed by atoms with Crippen LogP contribution in [0.3, 0.4) is 0 Å². The van der Waals surface area contributed by atoms with Crippen LogP contribution in [-0.4, -0.2) is 24.2 Å². The van der Waals surface area contributed by atoms with Crippen molar-refractivity contribution in [2.24, 2.45) is 11.8 Å². The van der Waals surface area contributed by atoms with E-state index in [1.54, 1.807) is 6.07 Å². The predicted octanol–water partition coefficient (Wildman–Crippen LogP) is 5.53. The molecule has 196 valence electrons. The first-order valence-corrected chi connectivity index (χ1v) is 13.1. The molecule has 0 unspecified atom stereocenters. The molecule has 3 N–H and O–H groups in total. The summed E-state index contributed by atoms with van der Waals surface area (Å²) in [4.78, 5) is 12.0. The van der Waals surface area contributed by atoms with Gasteiger partial charge in [-0.1, -0.05) is 98.2 Å². The maximum Gasteiger partial charge on any atom is 0.238 e. The second-order valence-corrected chi connectivity index (χ2v) is 9.89. The van der Waals surface area contributed by atoms with E-state index in [0.29, 0.717) is 23.8 Å². The summed E-state index contributed by atoms with van der Waals surface area (Å²) >= 11 is 6.42. The second-order valence-electron chi connectivity index (χ2n) is 9.48. The van der Waals surface area contributed by atoms with Crippen LogP contribution >= 0.6 is 11.6 Å². The van der Waals surface area contributed by atoms with Gasteiger partial charge >= 0.3 is 0 Å². The Morgan fingerprint density at radius 2 is 1.54 bits per heavy atom. The Balaban J connectivity index is 1.67. The Labute approximate surface area is 224 Å². The molecule has 1 fully saturated rings. The highest BCUT2D eigenvalue weighted by atomic mass is 35.5. The second kappa shape index (κ2) is 13.2. The molecular weight excluding hydrogens is 488 g/mol. The van der Waals surface area contributed by atoms with Crippen molar-refractivity contribution in [2.75, 3.05) is 0 Å². The molecule has 1 aliphatic rings. The molecule has 3 aromatic rings. The van der Waals surface area contributed by atoms with E-state index in [-0.39, 0.29) is 36.6 Å². The number of halogens is 1. The van der Waals surface area contributed by atoms with Crippen LogP contribution in [-0.2, 0) is 38.6 Å².